The summed E-state index contributed by atoms with van der Waals surface area (Å²) in [5.41, 5.74) is 8.51. The Hall–Kier alpha value is -1.97. The lowest BCUT2D eigenvalue weighted by atomic mass is 10.1. The highest BCUT2D eigenvalue weighted by Crippen LogP contribution is 2.24. The van der Waals surface area contributed by atoms with E-state index in [0.717, 1.165) is 22.7 Å². The van der Waals surface area contributed by atoms with Crippen LogP contribution >= 0.6 is 0 Å². The van der Waals surface area contributed by atoms with Crippen LogP contribution in [0.4, 0.5) is 5.95 Å². The van der Waals surface area contributed by atoms with Gasteiger partial charge in [-0.1, -0.05) is 0 Å². The molecule has 2 aromatic rings. The molecule has 1 aromatic heterocycles. The Morgan fingerprint density at radius 3 is 2.35 bits per heavy atom. The zero-order valence-electron chi connectivity index (χ0n) is 10.3. The molecule has 0 atom stereocenters. The third kappa shape index (κ3) is 2.58. The number of aryl methyl sites for hydroxylation is 1. The van der Waals surface area contributed by atoms with Gasteiger partial charge in [0, 0.05) is 11.3 Å². The summed E-state index contributed by atoms with van der Waals surface area (Å²) < 4.78 is 5.59. The maximum atomic E-state index is 5.62. The summed E-state index contributed by atoms with van der Waals surface area (Å²) >= 11 is 0. The number of anilines is 1. The topological polar surface area (TPSA) is 63.9 Å². The summed E-state index contributed by atoms with van der Waals surface area (Å²) in [6.07, 6.45) is 0.184. The van der Waals surface area contributed by atoms with Crippen molar-refractivity contribution in [3.8, 4) is 17.0 Å². The zero-order chi connectivity index (χ0) is 12.4. The van der Waals surface area contributed by atoms with E-state index in [1.54, 1.807) is 0 Å². The van der Waals surface area contributed by atoms with Crippen LogP contribution in [0, 0.1) is 6.92 Å². The van der Waals surface area contributed by atoms with E-state index >= 15 is 0 Å². The number of nitrogens with one attached hydrogen (secondary N) is 1. The number of nitrogens with two attached hydrogens (primary N) is 1. The second kappa shape index (κ2) is 4.49. The van der Waals surface area contributed by atoms with E-state index in [9.17, 15) is 0 Å². The van der Waals surface area contributed by atoms with Gasteiger partial charge >= 0.3 is 0 Å². The van der Waals surface area contributed by atoms with Crippen LogP contribution in [0.25, 0.3) is 11.3 Å². The summed E-state index contributed by atoms with van der Waals surface area (Å²) in [6, 6.07) is 7.86. The molecule has 0 radical (unpaired) electrons. The lowest BCUT2D eigenvalue weighted by Gasteiger charge is -2.09. The minimum absolute atomic E-state index is 0.184. The molecular formula is C13H17N3O. The summed E-state index contributed by atoms with van der Waals surface area (Å²) in [5, 5.41) is 0. The number of H-pyrrole nitrogens is 1. The molecule has 0 amide bonds. The Kier molecular flexibility index (Phi) is 3.04. The second-order valence-corrected chi connectivity index (χ2v) is 4.29. The molecule has 0 fully saturated rings. The van der Waals surface area contributed by atoms with Crippen LogP contribution < -0.4 is 10.5 Å². The van der Waals surface area contributed by atoms with E-state index in [4.69, 9.17) is 10.5 Å². The third-order valence-corrected chi connectivity index (χ3v) is 2.40. The Morgan fingerprint density at radius 1 is 1.24 bits per heavy atom. The van der Waals surface area contributed by atoms with E-state index in [1.807, 2.05) is 45.0 Å². The predicted molar refractivity (Wildman–Crippen MR) is 68.9 cm³/mol. The molecule has 0 unspecified atom stereocenters. The highest BCUT2D eigenvalue weighted by atomic mass is 16.5. The quantitative estimate of drug-likeness (QED) is 0.853. The molecule has 2 rings (SSSR count). The summed E-state index contributed by atoms with van der Waals surface area (Å²) in [7, 11) is 0. The van der Waals surface area contributed by atoms with Crippen LogP contribution in [-0.2, 0) is 0 Å². The fourth-order valence-corrected chi connectivity index (χ4v) is 1.73. The van der Waals surface area contributed by atoms with Crippen molar-refractivity contribution < 1.29 is 4.74 Å². The number of ether oxygens (including phenoxy) is 1. The van der Waals surface area contributed by atoms with Gasteiger partial charge < -0.3 is 15.5 Å². The highest BCUT2D eigenvalue weighted by Gasteiger charge is 2.07. The summed E-state index contributed by atoms with van der Waals surface area (Å²) in [6.45, 7) is 5.97. The van der Waals surface area contributed by atoms with Crippen molar-refractivity contribution in [2.24, 2.45) is 0 Å². The summed E-state index contributed by atoms with van der Waals surface area (Å²) in [5.74, 6) is 1.31. The average Bonchev–Trinajstić information content (AvgIpc) is 2.58. The fourth-order valence-electron chi connectivity index (χ4n) is 1.73. The van der Waals surface area contributed by atoms with Crippen molar-refractivity contribution >= 4 is 5.95 Å². The maximum absolute atomic E-state index is 5.62. The van der Waals surface area contributed by atoms with Crippen molar-refractivity contribution in [1.82, 2.24) is 9.97 Å². The first-order valence-electron chi connectivity index (χ1n) is 5.65. The first-order chi connectivity index (χ1) is 8.06. The Labute approximate surface area is 101 Å². The molecule has 0 saturated heterocycles. The van der Waals surface area contributed by atoms with Gasteiger partial charge in [0.2, 0.25) is 0 Å². The van der Waals surface area contributed by atoms with Gasteiger partial charge in [0.05, 0.1) is 11.8 Å². The predicted octanol–water partition coefficient (Wildman–Crippen LogP) is 2.75. The molecule has 0 aliphatic heterocycles. The molecule has 3 N–H and O–H groups in total. The number of hydrogen-bond donors (Lipinski definition) is 2. The van der Waals surface area contributed by atoms with Crippen molar-refractivity contribution in [2.75, 3.05) is 5.73 Å². The Bertz CT molecular complexity index is 500. The van der Waals surface area contributed by atoms with Crippen LogP contribution in [0.15, 0.2) is 24.3 Å². The normalized spacial score (nSPS) is 10.8. The molecule has 1 heterocycles. The standard InChI is InChI=1S/C13H17N3O/c1-8(2)17-11-6-4-10(5-7-11)12-9(3)15-13(14)16-12/h4-8H,1-3H3,(H3,14,15,16). The number of benzene rings is 1. The molecular weight excluding hydrogens is 214 g/mol. The van der Waals surface area contributed by atoms with Crippen LogP contribution in [-0.4, -0.2) is 16.1 Å². The van der Waals surface area contributed by atoms with E-state index in [0.29, 0.717) is 5.95 Å². The minimum atomic E-state index is 0.184. The van der Waals surface area contributed by atoms with Gasteiger partial charge in [0.15, 0.2) is 5.95 Å². The smallest absolute Gasteiger partial charge is 0.198 e. The van der Waals surface area contributed by atoms with Crippen molar-refractivity contribution in [2.45, 2.75) is 26.9 Å². The number of aromatic amines is 1. The fraction of sp³-hybridized carbons (Fsp3) is 0.308. The Morgan fingerprint density at radius 2 is 1.88 bits per heavy atom. The lowest BCUT2D eigenvalue weighted by molar-refractivity contribution is 0.242. The van der Waals surface area contributed by atoms with E-state index in [1.165, 1.54) is 0 Å². The van der Waals surface area contributed by atoms with E-state index in [-0.39, 0.29) is 6.10 Å². The van der Waals surface area contributed by atoms with Gasteiger partial charge in [0.1, 0.15) is 5.75 Å². The molecule has 0 aliphatic carbocycles. The largest absolute Gasteiger partial charge is 0.491 e. The van der Waals surface area contributed by atoms with E-state index in [2.05, 4.69) is 9.97 Å². The van der Waals surface area contributed by atoms with Crippen molar-refractivity contribution in [3.63, 3.8) is 0 Å². The molecule has 0 bridgehead atoms. The van der Waals surface area contributed by atoms with Crippen molar-refractivity contribution in [1.29, 1.82) is 0 Å². The number of aromatic nitrogens is 2. The number of rotatable bonds is 3. The third-order valence-electron chi connectivity index (χ3n) is 2.40. The van der Waals surface area contributed by atoms with Gasteiger partial charge in [-0.15, -0.1) is 0 Å². The average molecular weight is 231 g/mol. The van der Waals surface area contributed by atoms with Crippen LogP contribution in [0.5, 0.6) is 5.75 Å². The van der Waals surface area contributed by atoms with Crippen LogP contribution in [0.2, 0.25) is 0 Å². The molecule has 17 heavy (non-hydrogen) atoms. The first kappa shape index (κ1) is 11.5. The molecule has 0 saturated carbocycles. The van der Waals surface area contributed by atoms with Gasteiger partial charge in [-0.05, 0) is 45.0 Å². The number of nitrogen functional groups attached to an aromatic ring is 1. The van der Waals surface area contributed by atoms with Crippen molar-refractivity contribution in [3.05, 3.63) is 30.0 Å². The number of hydrogen-bond acceptors (Lipinski definition) is 3. The molecule has 4 heteroatoms. The van der Waals surface area contributed by atoms with Crippen LogP contribution in [0.1, 0.15) is 19.5 Å². The minimum Gasteiger partial charge on any atom is -0.491 e. The Balaban J connectivity index is 2.26. The van der Waals surface area contributed by atoms with Gasteiger partial charge in [0.25, 0.3) is 0 Å². The number of imidazole rings is 1. The molecule has 0 aliphatic rings. The van der Waals surface area contributed by atoms with Gasteiger partial charge in [-0.3, -0.25) is 0 Å². The molecule has 90 valence electrons. The molecule has 1 aromatic carbocycles. The first-order valence-corrected chi connectivity index (χ1v) is 5.65. The SMILES string of the molecule is Cc1[nH]c(N)nc1-c1ccc(OC(C)C)cc1. The lowest BCUT2D eigenvalue weighted by Crippen LogP contribution is -2.05. The second-order valence-electron chi connectivity index (χ2n) is 4.29. The number of nitrogens with zero attached hydrogens (tertiary/aromatic N) is 1. The molecule has 4 nitrogen and oxygen atoms in total. The summed E-state index contributed by atoms with van der Waals surface area (Å²) in [4.78, 5) is 7.24. The van der Waals surface area contributed by atoms with E-state index < -0.39 is 0 Å². The van der Waals surface area contributed by atoms with Gasteiger partial charge in [-0.25, -0.2) is 4.98 Å². The van der Waals surface area contributed by atoms with Crippen LogP contribution in [0.3, 0.4) is 0 Å². The van der Waals surface area contributed by atoms with Gasteiger partial charge in [-0.2, -0.15) is 0 Å². The zero-order valence-corrected chi connectivity index (χ0v) is 10.3. The monoisotopic (exact) mass is 231 g/mol. The molecule has 0 spiro atoms. The maximum Gasteiger partial charge on any atom is 0.198 e. The highest BCUT2D eigenvalue weighted by molar-refractivity contribution is 5.64.